The fourth-order valence-corrected chi connectivity index (χ4v) is 3.21. The third-order valence-corrected chi connectivity index (χ3v) is 4.56. The summed E-state index contributed by atoms with van der Waals surface area (Å²) in [5.41, 5.74) is 0.590. The van der Waals surface area contributed by atoms with E-state index in [2.05, 4.69) is 17.6 Å². The summed E-state index contributed by atoms with van der Waals surface area (Å²) in [4.78, 5) is 0. The van der Waals surface area contributed by atoms with Crippen LogP contribution in [0.5, 0.6) is 0 Å². The molecule has 0 spiro atoms. The number of hydrogen-bond acceptors (Lipinski definition) is 1. The molecule has 2 fully saturated rings. The van der Waals surface area contributed by atoms with Crippen molar-refractivity contribution in [1.29, 1.82) is 0 Å². The minimum absolute atomic E-state index is 0.590. The fourth-order valence-electron chi connectivity index (χ4n) is 2.97. The van der Waals surface area contributed by atoms with Crippen molar-refractivity contribution in [1.82, 2.24) is 10.6 Å². The van der Waals surface area contributed by atoms with Gasteiger partial charge in [0.25, 0.3) is 0 Å². The third kappa shape index (κ3) is 4.13. The van der Waals surface area contributed by atoms with E-state index in [0.29, 0.717) is 11.5 Å². The van der Waals surface area contributed by atoms with Crippen molar-refractivity contribution in [2.45, 2.75) is 70.8 Å². The molecule has 2 aliphatic carbocycles. The zero-order valence-electron chi connectivity index (χ0n) is 11.1. The molecule has 0 bridgehead atoms. The standard InChI is InChI=1S/C14H26N2S/c1-2-8-14(9-10-14)11-15-13(17)16-12-6-4-3-5-7-12/h12H,2-11H2,1H3,(H2,15,16,17). The molecule has 0 heterocycles. The highest BCUT2D eigenvalue weighted by Gasteiger charge is 2.41. The summed E-state index contributed by atoms with van der Waals surface area (Å²) in [6.07, 6.45) is 12.1. The highest BCUT2D eigenvalue weighted by atomic mass is 32.1. The second-order valence-electron chi connectivity index (χ2n) is 5.91. The molecular formula is C14H26N2S. The Morgan fingerprint density at radius 2 is 1.94 bits per heavy atom. The maximum atomic E-state index is 5.39. The number of nitrogens with one attached hydrogen (secondary N) is 2. The van der Waals surface area contributed by atoms with Gasteiger partial charge in [-0.1, -0.05) is 32.6 Å². The quantitative estimate of drug-likeness (QED) is 0.736. The highest BCUT2D eigenvalue weighted by Crippen LogP contribution is 2.48. The SMILES string of the molecule is CCCC1(CNC(=S)NC2CCCCC2)CC1. The van der Waals surface area contributed by atoms with Gasteiger partial charge in [0.05, 0.1) is 0 Å². The Kier molecular flexibility index (Phi) is 4.66. The lowest BCUT2D eigenvalue weighted by molar-refractivity contribution is 0.406. The zero-order valence-corrected chi connectivity index (χ0v) is 11.9. The third-order valence-electron chi connectivity index (χ3n) is 4.30. The Bertz CT molecular complexity index is 255. The van der Waals surface area contributed by atoms with E-state index in [1.54, 1.807) is 0 Å². The van der Waals surface area contributed by atoms with Gasteiger partial charge in [-0.25, -0.2) is 0 Å². The minimum atomic E-state index is 0.590. The van der Waals surface area contributed by atoms with Crippen LogP contribution in [0, 0.1) is 5.41 Å². The average Bonchev–Trinajstić information content (AvgIpc) is 3.09. The molecule has 2 N–H and O–H groups in total. The maximum absolute atomic E-state index is 5.39. The molecule has 17 heavy (non-hydrogen) atoms. The van der Waals surface area contributed by atoms with Crippen molar-refractivity contribution in [2.24, 2.45) is 5.41 Å². The molecular weight excluding hydrogens is 228 g/mol. The van der Waals surface area contributed by atoms with Crippen molar-refractivity contribution < 1.29 is 0 Å². The van der Waals surface area contributed by atoms with Crippen LogP contribution in [0.1, 0.15) is 64.7 Å². The first-order valence-corrected chi connectivity index (χ1v) is 7.69. The molecule has 98 valence electrons. The lowest BCUT2D eigenvalue weighted by Crippen LogP contribution is -2.44. The Balaban J connectivity index is 1.63. The van der Waals surface area contributed by atoms with Crippen molar-refractivity contribution in [3.63, 3.8) is 0 Å². The number of rotatable bonds is 5. The van der Waals surface area contributed by atoms with Gasteiger partial charge in [-0.3, -0.25) is 0 Å². The van der Waals surface area contributed by atoms with Gasteiger partial charge in [-0.15, -0.1) is 0 Å². The van der Waals surface area contributed by atoms with Crippen molar-refractivity contribution in [2.75, 3.05) is 6.54 Å². The molecule has 2 nitrogen and oxygen atoms in total. The van der Waals surface area contributed by atoms with Crippen LogP contribution in [0.4, 0.5) is 0 Å². The van der Waals surface area contributed by atoms with E-state index in [9.17, 15) is 0 Å². The summed E-state index contributed by atoms with van der Waals surface area (Å²) in [5, 5.41) is 7.81. The van der Waals surface area contributed by atoms with Crippen molar-refractivity contribution in [3.8, 4) is 0 Å². The van der Waals surface area contributed by atoms with Gasteiger partial charge in [-0.2, -0.15) is 0 Å². The summed E-state index contributed by atoms with van der Waals surface area (Å²) in [6.45, 7) is 3.36. The van der Waals surface area contributed by atoms with Gasteiger partial charge in [0, 0.05) is 12.6 Å². The molecule has 0 aromatic carbocycles. The van der Waals surface area contributed by atoms with E-state index in [1.807, 2.05) is 0 Å². The Morgan fingerprint density at radius 1 is 1.24 bits per heavy atom. The first-order valence-electron chi connectivity index (χ1n) is 7.28. The second-order valence-corrected chi connectivity index (χ2v) is 6.32. The second kappa shape index (κ2) is 6.03. The number of hydrogen-bond donors (Lipinski definition) is 2. The Hall–Kier alpha value is -0.310. The average molecular weight is 254 g/mol. The molecule has 0 radical (unpaired) electrons. The molecule has 0 unspecified atom stereocenters. The van der Waals surface area contributed by atoms with Crippen LogP contribution >= 0.6 is 12.2 Å². The van der Waals surface area contributed by atoms with E-state index in [0.717, 1.165) is 11.7 Å². The topological polar surface area (TPSA) is 24.1 Å². The molecule has 2 saturated carbocycles. The smallest absolute Gasteiger partial charge is 0.166 e. The Morgan fingerprint density at radius 3 is 2.53 bits per heavy atom. The molecule has 0 amide bonds. The number of thiocarbonyl (C=S) groups is 1. The van der Waals surface area contributed by atoms with E-state index in [1.165, 1.54) is 57.8 Å². The molecule has 0 atom stereocenters. The largest absolute Gasteiger partial charge is 0.362 e. The van der Waals surface area contributed by atoms with E-state index < -0.39 is 0 Å². The molecule has 0 aromatic heterocycles. The van der Waals surface area contributed by atoms with E-state index in [4.69, 9.17) is 12.2 Å². The van der Waals surface area contributed by atoms with Gasteiger partial charge >= 0.3 is 0 Å². The summed E-state index contributed by atoms with van der Waals surface area (Å²) < 4.78 is 0. The fraction of sp³-hybridized carbons (Fsp3) is 0.929. The predicted octanol–water partition coefficient (Wildman–Crippen LogP) is 3.36. The molecule has 3 heteroatoms. The van der Waals surface area contributed by atoms with E-state index in [-0.39, 0.29) is 0 Å². The van der Waals surface area contributed by atoms with Crippen LogP contribution in [0.15, 0.2) is 0 Å². The van der Waals surface area contributed by atoms with Crippen LogP contribution in [-0.2, 0) is 0 Å². The molecule has 0 saturated heterocycles. The van der Waals surface area contributed by atoms with Crippen molar-refractivity contribution >= 4 is 17.3 Å². The van der Waals surface area contributed by atoms with Crippen LogP contribution in [0.2, 0.25) is 0 Å². The van der Waals surface area contributed by atoms with Crippen LogP contribution in [-0.4, -0.2) is 17.7 Å². The maximum Gasteiger partial charge on any atom is 0.166 e. The summed E-state index contributed by atoms with van der Waals surface area (Å²) in [6, 6.07) is 0.630. The molecule has 0 aromatic rings. The van der Waals surface area contributed by atoms with Crippen LogP contribution < -0.4 is 10.6 Å². The normalized spacial score (nSPS) is 23.1. The monoisotopic (exact) mass is 254 g/mol. The summed E-state index contributed by atoms with van der Waals surface area (Å²) in [7, 11) is 0. The lowest BCUT2D eigenvalue weighted by atomic mass is 9.96. The predicted molar refractivity (Wildman–Crippen MR) is 77.2 cm³/mol. The van der Waals surface area contributed by atoms with Gasteiger partial charge in [-0.05, 0) is 49.7 Å². The molecule has 2 rings (SSSR count). The molecule has 2 aliphatic rings. The van der Waals surface area contributed by atoms with Crippen molar-refractivity contribution in [3.05, 3.63) is 0 Å². The van der Waals surface area contributed by atoms with Gasteiger partial charge < -0.3 is 10.6 Å². The highest BCUT2D eigenvalue weighted by molar-refractivity contribution is 7.80. The minimum Gasteiger partial charge on any atom is -0.362 e. The first kappa shape index (κ1) is 13.1. The zero-order chi connectivity index (χ0) is 12.1. The van der Waals surface area contributed by atoms with Gasteiger partial charge in [0.2, 0.25) is 0 Å². The summed E-state index contributed by atoms with van der Waals surface area (Å²) >= 11 is 5.39. The summed E-state index contributed by atoms with van der Waals surface area (Å²) in [5.74, 6) is 0. The van der Waals surface area contributed by atoms with Crippen LogP contribution in [0.25, 0.3) is 0 Å². The van der Waals surface area contributed by atoms with Gasteiger partial charge in [0.15, 0.2) is 5.11 Å². The molecule has 0 aliphatic heterocycles. The van der Waals surface area contributed by atoms with Gasteiger partial charge in [0.1, 0.15) is 0 Å². The lowest BCUT2D eigenvalue weighted by Gasteiger charge is -2.25. The Labute approximate surface area is 111 Å². The first-order chi connectivity index (χ1) is 8.24. The van der Waals surface area contributed by atoms with E-state index >= 15 is 0 Å². The van der Waals surface area contributed by atoms with Crippen LogP contribution in [0.3, 0.4) is 0 Å².